The first-order valence-corrected chi connectivity index (χ1v) is 40.2. The van der Waals surface area contributed by atoms with Crippen molar-refractivity contribution < 1.29 is 61.8 Å². The lowest BCUT2D eigenvalue weighted by Crippen LogP contribution is -2.60. The summed E-state index contributed by atoms with van der Waals surface area (Å²) in [5.41, 5.74) is -0.971. The summed E-state index contributed by atoms with van der Waals surface area (Å²) < 4.78 is 60.2. The smallest absolute Gasteiger partial charge is 0.192 e. The Bertz CT molecular complexity index is 2010. The van der Waals surface area contributed by atoms with Crippen LogP contribution in [0.2, 0.25) is 72.5 Å². The van der Waals surface area contributed by atoms with Crippen molar-refractivity contribution >= 4 is 33.3 Å². The summed E-state index contributed by atoms with van der Waals surface area (Å²) in [6.45, 7) is 61.8. The van der Waals surface area contributed by atoms with E-state index in [0.717, 1.165) is 11.3 Å². The summed E-state index contributed by atoms with van der Waals surface area (Å²) >= 11 is 0. The zero-order valence-electron chi connectivity index (χ0n) is 53.1. The van der Waals surface area contributed by atoms with Gasteiger partial charge in [0.15, 0.2) is 39.6 Å². The first-order chi connectivity index (χ1) is 34.9. The highest BCUT2D eigenvalue weighted by atomic mass is 28.4. The molecule has 15 atom stereocenters. The molecule has 0 amide bonds. The van der Waals surface area contributed by atoms with Gasteiger partial charge in [-0.2, -0.15) is 0 Å². The molecule has 3 fully saturated rings. The van der Waals surface area contributed by atoms with Crippen LogP contribution in [-0.4, -0.2) is 148 Å². The predicted molar refractivity (Wildman–Crippen MR) is 324 cm³/mol. The molecular weight excluding hydrogens is 1040 g/mol. The van der Waals surface area contributed by atoms with Gasteiger partial charge in [-0.1, -0.05) is 121 Å². The van der Waals surface area contributed by atoms with Crippen LogP contribution in [0.3, 0.4) is 0 Å². The van der Waals surface area contributed by atoms with Crippen LogP contribution in [0, 0.1) is 35.5 Å². The summed E-state index contributed by atoms with van der Waals surface area (Å²) in [5.74, 6) is -0.491. The molecule has 448 valence electrons. The number of methoxy groups -OCH3 is 1. The fourth-order valence-electron chi connectivity index (χ4n) is 9.73. The van der Waals surface area contributed by atoms with E-state index in [1.165, 1.54) is 0 Å². The van der Waals surface area contributed by atoms with Gasteiger partial charge in [0.2, 0.25) is 0 Å². The molecule has 0 unspecified atom stereocenters. The molecule has 3 aliphatic heterocycles. The average Bonchev–Trinajstić information content (AvgIpc) is 3.75. The first-order valence-electron chi connectivity index (χ1n) is 28.6. The summed E-state index contributed by atoms with van der Waals surface area (Å²) in [6.07, 6.45) is 0.173. The van der Waals surface area contributed by atoms with E-state index in [1.54, 1.807) is 13.2 Å². The summed E-state index contributed by atoms with van der Waals surface area (Å²) in [7, 11) is -7.07. The zero-order chi connectivity index (χ0) is 59.5. The second-order valence-corrected chi connectivity index (χ2v) is 48.5. The van der Waals surface area contributed by atoms with E-state index < -0.39 is 75.0 Å². The van der Waals surface area contributed by atoms with Gasteiger partial charge in [0, 0.05) is 60.9 Å². The maximum absolute atomic E-state index is 11.4. The molecule has 0 aliphatic carbocycles. The number of rotatable bonds is 22. The molecule has 0 radical (unpaired) electrons. The topological polar surface area (TPSA) is 164 Å². The lowest BCUT2D eigenvalue weighted by molar-refractivity contribution is -0.290. The standard InChI is InChI=1S/C34H60O7Si2.C26H54O6Si2/c1-15-24(20-35)28-27(22-38-42(11,12)32(3,4)5)30(41-43(13,14)33(6,7)8)34(9,40-28)29-23(2)21-37-31(39-29)25-16-18-26(36-10)19-17-25;1-14-19(16-28)21-20(17-30-33(10,11)24(3,4)5)23(32-34(12,13)25(6,7)8)26(9,31-21)22(29)18(2)15-27/h15-19,23-24,27-31,35H,1,20-22H2,2-14H3;14,18-23,27-29H,1,15-17H2,2-13H3/t23-,24-,27-,28+,29+,30-,31+,34+;18-,19-,20-,21+,22+,23+,26+/m00/s1. The highest BCUT2D eigenvalue weighted by Gasteiger charge is 2.64. The van der Waals surface area contributed by atoms with Gasteiger partial charge in [-0.3, -0.25) is 0 Å². The Balaban J connectivity index is 0.000000418. The van der Waals surface area contributed by atoms with Gasteiger partial charge in [-0.25, -0.2) is 0 Å². The molecule has 17 heteroatoms. The molecule has 4 N–H and O–H groups in total. The predicted octanol–water partition coefficient (Wildman–Crippen LogP) is 12.7. The second-order valence-electron chi connectivity index (χ2n) is 29.3. The number of aliphatic hydroxyl groups is 4. The minimum absolute atomic E-state index is 0.0145. The molecule has 0 spiro atoms. The molecule has 1 aromatic carbocycles. The molecule has 0 saturated carbocycles. The Morgan fingerprint density at radius 3 is 1.43 bits per heavy atom. The van der Waals surface area contributed by atoms with E-state index in [1.807, 2.05) is 44.2 Å². The number of ether oxygens (including phenoxy) is 5. The molecule has 0 bridgehead atoms. The van der Waals surface area contributed by atoms with Gasteiger partial charge >= 0.3 is 0 Å². The number of hydrogen-bond donors (Lipinski definition) is 4. The maximum Gasteiger partial charge on any atom is 0.192 e. The van der Waals surface area contributed by atoms with Crippen molar-refractivity contribution in [1.29, 1.82) is 0 Å². The molecule has 3 saturated heterocycles. The fourth-order valence-corrected chi connectivity index (χ4v) is 14.6. The lowest BCUT2D eigenvalue weighted by Gasteiger charge is -2.49. The van der Waals surface area contributed by atoms with Gasteiger partial charge in [0.25, 0.3) is 0 Å². The first kappa shape index (κ1) is 70.2. The van der Waals surface area contributed by atoms with Crippen molar-refractivity contribution in [3.05, 3.63) is 55.1 Å². The van der Waals surface area contributed by atoms with E-state index >= 15 is 0 Å². The monoisotopic (exact) mass is 1150 g/mol. The lowest BCUT2D eigenvalue weighted by atomic mass is 9.79. The molecule has 77 heavy (non-hydrogen) atoms. The summed E-state index contributed by atoms with van der Waals surface area (Å²) in [6, 6.07) is 7.81. The number of aliphatic hydroxyl groups excluding tert-OH is 4. The number of benzene rings is 1. The third-order valence-corrected chi connectivity index (χ3v) is 37.3. The van der Waals surface area contributed by atoms with Crippen molar-refractivity contribution in [3.63, 3.8) is 0 Å². The second kappa shape index (κ2) is 26.2. The molecule has 0 aromatic heterocycles. The minimum atomic E-state index is -2.29. The van der Waals surface area contributed by atoms with E-state index in [9.17, 15) is 20.4 Å². The van der Waals surface area contributed by atoms with Crippen molar-refractivity contribution in [1.82, 2.24) is 0 Å². The van der Waals surface area contributed by atoms with Crippen molar-refractivity contribution in [3.8, 4) is 5.75 Å². The third-order valence-electron chi connectivity index (χ3n) is 19.4. The van der Waals surface area contributed by atoms with Crippen molar-refractivity contribution in [2.45, 2.75) is 237 Å². The van der Waals surface area contributed by atoms with E-state index in [2.05, 4.69) is 162 Å². The Morgan fingerprint density at radius 1 is 0.649 bits per heavy atom. The Kier molecular flexibility index (Phi) is 23.9. The quantitative estimate of drug-likeness (QED) is 0.0641. The van der Waals surface area contributed by atoms with E-state index in [4.69, 9.17) is 41.4 Å². The SMILES string of the molecule is C=C[C@@H](CO)[C@H]1O[C@](C)([C@@H]2O[C@H](c3ccc(OC)cc3)OC[C@@H]2C)[C@@H](O[Si](C)(C)C(C)(C)C)[C@H]1CO[Si](C)(C)C(C)(C)C.C=C[C@@H](CO)[C@H]1O[C@](C)([C@H](O)[C@@H](C)CO)[C@H](O[Si](C)(C)C(C)(C)C)[C@H]1CO[Si](C)(C)C(C)(C)C. The van der Waals surface area contributed by atoms with E-state index in [-0.39, 0.29) is 87.9 Å². The molecule has 1 aromatic rings. The largest absolute Gasteiger partial charge is 0.497 e. The average molecular weight is 1160 g/mol. The van der Waals surface area contributed by atoms with Crippen LogP contribution >= 0.6 is 0 Å². The summed E-state index contributed by atoms with van der Waals surface area (Å²) in [5, 5.41) is 41.9. The van der Waals surface area contributed by atoms with E-state index in [0.29, 0.717) is 19.8 Å². The van der Waals surface area contributed by atoms with Crippen molar-refractivity contribution in [2.75, 3.05) is 46.8 Å². The minimum Gasteiger partial charge on any atom is -0.497 e. The Labute approximate surface area is 473 Å². The van der Waals surface area contributed by atoms with Gasteiger partial charge in [0.05, 0.1) is 63.6 Å². The van der Waals surface area contributed by atoms with Crippen LogP contribution in [0.1, 0.15) is 123 Å². The highest BCUT2D eigenvalue weighted by molar-refractivity contribution is 6.75. The van der Waals surface area contributed by atoms with Crippen molar-refractivity contribution in [2.24, 2.45) is 35.5 Å². The van der Waals surface area contributed by atoms with Gasteiger partial charge in [0.1, 0.15) is 17.0 Å². The van der Waals surface area contributed by atoms with Crippen LogP contribution in [0.5, 0.6) is 5.75 Å². The van der Waals surface area contributed by atoms with Crippen LogP contribution in [0.25, 0.3) is 0 Å². The third kappa shape index (κ3) is 16.0. The van der Waals surface area contributed by atoms with Gasteiger partial charge in [-0.15, -0.1) is 13.2 Å². The molecule has 3 heterocycles. The van der Waals surface area contributed by atoms with Crippen LogP contribution in [0.15, 0.2) is 49.6 Å². The molecule has 13 nitrogen and oxygen atoms in total. The van der Waals surface area contributed by atoms with Crippen LogP contribution in [0.4, 0.5) is 0 Å². The normalized spacial score (nSPS) is 30.7. The molecule has 3 aliphatic rings. The zero-order valence-corrected chi connectivity index (χ0v) is 57.1. The fraction of sp³-hybridized carbons (Fsp3) is 0.833. The van der Waals surface area contributed by atoms with Gasteiger partial charge < -0.3 is 61.8 Å². The van der Waals surface area contributed by atoms with Gasteiger partial charge in [-0.05, 0) is 98.5 Å². The van der Waals surface area contributed by atoms with Crippen LogP contribution in [-0.2, 0) is 36.7 Å². The number of hydrogen-bond acceptors (Lipinski definition) is 13. The highest BCUT2D eigenvalue weighted by Crippen LogP contribution is 2.53. The summed E-state index contributed by atoms with van der Waals surface area (Å²) in [4.78, 5) is 0. The molecular formula is C60H114O13Si4. The molecule has 4 rings (SSSR count). The van der Waals surface area contributed by atoms with Crippen LogP contribution < -0.4 is 4.74 Å². The maximum atomic E-state index is 11.4. The Morgan fingerprint density at radius 2 is 1.05 bits per heavy atom. The Hall–Kier alpha value is -1.11.